The lowest BCUT2D eigenvalue weighted by Gasteiger charge is -2.41. The van der Waals surface area contributed by atoms with E-state index >= 15 is 0 Å². The maximum absolute atomic E-state index is 11.7. The highest BCUT2D eigenvalue weighted by Crippen LogP contribution is 2.44. The molecule has 1 rings (SSSR count). The first-order valence-electron chi connectivity index (χ1n) is 2.82. The third kappa shape index (κ3) is 0.992. The Labute approximate surface area is 55.3 Å². The van der Waals surface area contributed by atoms with Crippen LogP contribution in [0.25, 0.3) is 0 Å². The van der Waals surface area contributed by atoms with Gasteiger partial charge in [0.15, 0.2) is 5.60 Å². The van der Waals surface area contributed by atoms with E-state index in [-0.39, 0.29) is 0 Å². The van der Waals surface area contributed by atoms with Crippen LogP contribution in [0.5, 0.6) is 0 Å². The highest BCUT2D eigenvalue weighted by atomic mass is 19.4. The summed E-state index contributed by atoms with van der Waals surface area (Å²) in [6.07, 6.45) is -6.76. The molecule has 0 bridgehead atoms. The van der Waals surface area contributed by atoms with E-state index in [9.17, 15) is 13.2 Å². The molecule has 0 atom stereocenters. The lowest BCUT2D eigenvalue weighted by Crippen LogP contribution is -2.57. The van der Waals surface area contributed by atoms with Gasteiger partial charge in [0.25, 0.3) is 0 Å². The zero-order valence-electron chi connectivity index (χ0n) is 5.02. The van der Waals surface area contributed by atoms with E-state index in [4.69, 9.17) is 10.2 Å². The average molecular weight is 156 g/mol. The normalized spacial score (nSPS) is 41.1. The van der Waals surface area contributed by atoms with E-state index in [0.29, 0.717) is 0 Å². The Balaban J connectivity index is 2.57. The van der Waals surface area contributed by atoms with Crippen LogP contribution in [0.1, 0.15) is 12.8 Å². The van der Waals surface area contributed by atoms with E-state index in [0.717, 1.165) is 0 Å². The third-order valence-electron chi connectivity index (χ3n) is 1.67. The maximum atomic E-state index is 11.7. The molecule has 0 aliphatic heterocycles. The molecule has 0 unspecified atom stereocenters. The second kappa shape index (κ2) is 1.85. The standard InChI is InChI=1S/C5H7F3O2/c6-5(7,8)4(10)1-3(9)2-4/h3,9-10H,1-2H2/t3-,4+. The first-order chi connectivity index (χ1) is 4.35. The second-order valence-corrected chi connectivity index (χ2v) is 2.59. The van der Waals surface area contributed by atoms with E-state index in [1.54, 1.807) is 0 Å². The van der Waals surface area contributed by atoms with Crippen molar-refractivity contribution in [1.29, 1.82) is 0 Å². The Kier molecular flexibility index (Phi) is 1.45. The van der Waals surface area contributed by atoms with Gasteiger partial charge in [0.05, 0.1) is 6.10 Å². The summed E-state index contributed by atoms with van der Waals surface area (Å²) >= 11 is 0. The Morgan fingerprint density at radius 1 is 1.30 bits per heavy atom. The van der Waals surface area contributed by atoms with Crippen LogP contribution >= 0.6 is 0 Å². The van der Waals surface area contributed by atoms with Gasteiger partial charge in [-0.1, -0.05) is 0 Å². The van der Waals surface area contributed by atoms with Crippen LogP contribution in [0.2, 0.25) is 0 Å². The molecule has 0 radical (unpaired) electrons. The average Bonchev–Trinajstić information content (AvgIpc) is 1.58. The summed E-state index contributed by atoms with van der Waals surface area (Å²) in [5.41, 5.74) is -2.62. The molecule has 0 aromatic heterocycles. The topological polar surface area (TPSA) is 40.5 Å². The lowest BCUT2D eigenvalue weighted by molar-refractivity contribution is -0.306. The molecule has 2 N–H and O–H groups in total. The molecular formula is C5H7F3O2. The highest BCUT2D eigenvalue weighted by molar-refractivity contribution is 4.99. The summed E-state index contributed by atoms with van der Waals surface area (Å²) < 4.78 is 35.1. The molecule has 5 heteroatoms. The SMILES string of the molecule is O[C@H]1C[C@](O)(C(F)(F)F)C1. The summed E-state index contributed by atoms with van der Waals surface area (Å²) in [5, 5.41) is 17.1. The maximum Gasteiger partial charge on any atom is 0.417 e. The van der Waals surface area contributed by atoms with Crippen LogP contribution in [0, 0.1) is 0 Å². The first kappa shape index (κ1) is 7.81. The number of hydrogen-bond acceptors (Lipinski definition) is 2. The van der Waals surface area contributed by atoms with E-state index in [1.807, 2.05) is 0 Å². The summed E-state index contributed by atoms with van der Waals surface area (Å²) in [5.74, 6) is 0. The second-order valence-electron chi connectivity index (χ2n) is 2.59. The van der Waals surface area contributed by atoms with Gasteiger partial charge in [0.2, 0.25) is 0 Å². The molecule has 0 saturated heterocycles. The van der Waals surface area contributed by atoms with Crippen molar-refractivity contribution in [2.24, 2.45) is 0 Å². The Morgan fingerprint density at radius 3 is 1.80 bits per heavy atom. The zero-order chi connectivity index (χ0) is 7.99. The van der Waals surface area contributed by atoms with Gasteiger partial charge in [-0.25, -0.2) is 0 Å². The lowest BCUT2D eigenvalue weighted by atomic mass is 9.77. The van der Waals surface area contributed by atoms with Gasteiger partial charge in [-0.2, -0.15) is 13.2 Å². The molecule has 0 amide bonds. The van der Waals surface area contributed by atoms with E-state index in [1.165, 1.54) is 0 Å². The fourth-order valence-electron chi connectivity index (χ4n) is 0.951. The van der Waals surface area contributed by atoms with Crippen molar-refractivity contribution < 1.29 is 23.4 Å². The molecule has 1 aliphatic rings. The van der Waals surface area contributed by atoms with Crippen molar-refractivity contribution in [2.75, 3.05) is 0 Å². The number of aliphatic hydroxyl groups excluding tert-OH is 1. The van der Waals surface area contributed by atoms with Gasteiger partial charge < -0.3 is 10.2 Å². The predicted molar refractivity (Wildman–Crippen MR) is 26.2 cm³/mol. The fourth-order valence-corrected chi connectivity index (χ4v) is 0.951. The Morgan fingerprint density at radius 2 is 1.70 bits per heavy atom. The number of halogens is 3. The number of aliphatic hydroxyl groups is 2. The van der Waals surface area contributed by atoms with Crippen LogP contribution < -0.4 is 0 Å². The Hall–Kier alpha value is -0.290. The fraction of sp³-hybridized carbons (Fsp3) is 1.00. The first-order valence-corrected chi connectivity index (χ1v) is 2.82. The quantitative estimate of drug-likeness (QED) is 0.534. The molecular weight excluding hydrogens is 149 g/mol. The summed E-state index contributed by atoms with van der Waals surface area (Å²) in [6, 6.07) is 0. The van der Waals surface area contributed by atoms with Crippen LogP contribution in [0.15, 0.2) is 0 Å². The molecule has 1 aliphatic carbocycles. The number of alkyl halides is 3. The molecule has 1 fully saturated rings. The monoisotopic (exact) mass is 156 g/mol. The molecule has 1 saturated carbocycles. The summed E-state index contributed by atoms with van der Waals surface area (Å²) in [6.45, 7) is 0. The van der Waals surface area contributed by atoms with E-state index in [2.05, 4.69) is 0 Å². The Bertz CT molecular complexity index is 136. The van der Waals surface area contributed by atoms with Crippen LogP contribution in [0.3, 0.4) is 0 Å². The third-order valence-corrected chi connectivity index (χ3v) is 1.67. The van der Waals surface area contributed by atoms with Crippen LogP contribution in [0.4, 0.5) is 13.2 Å². The molecule has 10 heavy (non-hydrogen) atoms. The van der Waals surface area contributed by atoms with Crippen molar-refractivity contribution in [3.8, 4) is 0 Å². The smallest absolute Gasteiger partial charge is 0.393 e. The number of rotatable bonds is 0. The van der Waals surface area contributed by atoms with Crippen LogP contribution in [-0.4, -0.2) is 28.1 Å². The minimum absolute atomic E-state index is 0.587. The largest absolute Gasteiger partial charge is 0.417 e. The van der Waals surface area contributed by atoms with Gasteiger partial charge in [0.1, 0.15) is 0 Å². The van der Waals surface area contributed by atoms with Gasteiger partial charge in [-0.05, 0) is 0 Å². The van der Waals surface area contributed by atoms with Crippen molar-refractivity contribution in [3.63, 3.8) is 0 Å². The molecule has 0 heterocycles. The molecule has 2 nitrogen and oxygen atoms in total. The summed E-state index contributed by atoms with van der Waals surface area (Å²) in [4.78, 5) is 0. The molecule has 0 aromatic rings. The van der Waals surface area contributed by atoms with Gasteiger partial charge in [0, 0.05) is 12.8 Å². The van der Waals surface area contributed by atoms with Gasteiger partial charge >= 0.3 is 6.18 Å². The van der Waals surface area contributed by atoms with E-state index < -0.39 is 30.7 Å². The summed E-state index contributed by atoms with van der Waals surface area (Å²) in [7, 11) is 0. The van der Waals surface area contributed by atoms with Crippen molar-refractivity contribution in [1.82, 2.24) is 0 Å². The van der Waals surface area contributed by atoms with Gasteiger partial charge in [-0.3, -0.25) is 0 Å². The molecule has 0 aromatic carbocycles. The van der Waals surface area contributed by atoms with Crippen molar-refractivity contribution in [2.45, 2.75) is 30.7 Å². The zero-order valence-corrected chi connectivity index (χ0v) is 5.02. The van der Waals surface area contributed by atoms with Gasteiger partial charge in [-0.15, -0.1) is 0 Å². The minimum Gasteiger partial charge on any atom is -0.393 e. The van der Waals surface area contributed by atoms with Crippen molar-refractivity contribution >= 4 is 0 Å². The predicted octanol–water partition coefficient (Wildman–Crippen LogP) is 0.434. The highest BCUT2D eigenvalue weighted by Gasteiger charge is 2.60. The molecule has 60 valence electrons. The van der Waals surface area contributed by atoms with Crippen molar-refractivity contribution in [3.05, 3.63) is 0 Å². The minimum atomic E-state index is -4.59. The molecule has 0 spiro atoms. The number of hydrogen-bond donors (Lipinski definition) is 2. The van der Waals surface area contributed by atoms with Crippen LogP contribution in [-0.2, 0) is 0 Å².